The molecule has 0 saturated heterocycles. The molecule has 1 aliphatic rings. The third kappa shape index (κ3) is 5.21. The predicted molar refractivity (Wildman–Crippen MR) is 134 cm³/mol. The second kappa shape index (κ2) is 10.5. The molecule has 0 bridgehead atoms. The number of nitrogens with zero attached hydrogens (tertiary/aromatic N) is 2. The van der Waals surface area contributed by atoms with E-state index in [1.165, 1.54) is 22.3 Å². The molecule has 2 aromatic heterocycles. The van der Waals surface area contributed by atoms with E-state index in [4.69, 9.17) is 11.5 Å². The Kier molecular flexibility index (Phi) is 7.25. The Morgan fingerprint density at radius 2 is 1.66 bits per heavy atom. The first kappa shape index (κ1) is 22.1. The van der Waals surface area contributed by atoms with Gasteiger partial charge < -0.3 is 11.5 Å². The van der Waals surface area contributed by atoms with Gasteiger partial charge in [0.05, 0.1) is 0 Å². The molecule has 1 aromatic carbocycles. The number of aromatic nitrogens is 2. The molecular weight excluding hydrogens is 392 g/mol. The number of allylic oxidation sites excluding steroid dienone is 1. The number of rotatable bonds is 9. The first-order valence-electron chi connectivity index (χ1n) is 11.5. The van der Waals surface area contributed by atoms with Crippen LogP contribution in [0.2, 0.25) is 0 Å². The topological polar surface area (TPSA) is 77.8 Å². The van der Waals surface area contributed by atoms with Gasteiger partial charge >= 0.3 is 0 Å². The lowest BCUT2D eigenvalue weighted by Gasteiger charge is -2.25. The van der Waals surface area contributed by atoms with Crippen molar-refractivity contribution < 1.29 is 0 Å². The van der Waals surface area contributed by atoms with Gasteiger partial charge in [0.2, 0.25) is 0 Å². The zero-order valence-corrected chi connectivity index (χ0v) is 18.8. The minimum Gasteiger partial charge on any atom is -0.330 e. The van der Waals surface area contributed by atoms with Gasteiger partial charge in [-0.3, -0.25) is 9.97 Å². The molecule has 1 unspecified atom stereocenters. The van der Waals surface area contributed by atoms with Crippen LogP contribution < -0.4 is 11.5 Å². The van der Waals surface area contributed by atoms with E-state index in [1.807, 2.05) is 24.8 Å². The van der Waals surface area contributed by atoms with E-state index in [2.05, 4.69) is 65.4 Å². The van der Waals surface area contributed by atoms with Crippen molar-refractivity contribution in [1.29, 1.82) is 0 Å². The number of hydrogen-bond acceptors (Lipinski definition) is 4. The van der Waals surface area contributed by atoms with E-state index < -0.39 is 0 Å². The highest BCUT2D eigenvalue weighted by Crippen LogP contribution is 2.37. The van der Waals surface area contributed by atoms with Gasteiger partial charge in [-0.15, -0.1) is 0 Å². The van der Waals surface area contributed by atoms with Crippen LogP contribution in [-0.2, 0) is 0 Å². The molecule has 0 fully saturated rings. The molecule has 0 spiro atoms. The van der Waals surface area contributed by atoms with Crippen molar-refractivity contribution in [2.24, 2.45) is 11.5 Å². The summed E-state index contributed by atoms with van der Waals surface area (Å²) in [6.45, 7) is 3.57. The summed E-state index contributed by atoms with van der Waals surface area (Å²) in [6.07, 6.45) is 16.3. The molecule has 4 nitrogen and oxygen atoms in total. The van der Waals surface area contributed by atoms with Crippen LogP contribution in [0.3, 0.4) is 0 Å². The molecule has 4 heteroatoms. The third-order valence-corrected chi connectivity index (χ3v) is 6.15. The van der Waals surface area contributed by atoms with Gasteiger partial charge in [-0.1, -0.05) is 48.4 Å². The molecule has 0 amide bonds. The van der Waals surface area contributed by atoms with Crippen molar-refractivity contribution in [2.75, 3.05) is 13.1 Å². The summed E-state index contributed by atoms with van der Waals surface area (Å²) in [5.74, 6) is 0.459. The standard InChI is InChI=1S/C28H32N4/c1-2-20(6-8-29)10-22-13-26(17-31-16-22)23-4-3-5-24(14-23)27-15-28(19-32-18-27)25-11-21(12-25)7-9-30/h3-5,10-11,13-19,25H,2,6-9,12,29-30H2,1H3. The average molecular weight is 425 g/mol. The summed E-state index contributed by atoms with van der Waals surface area (Å²) in [5, 5.41) is 0. The fourth-order valence-electron chi connectivity index (χ4n) is 4.28. The molecular formula is C28H32N4. The fraction of sp³-hybridized carbons (Fsp3) is 0.286. The monoisotopic (exact) mass is 424 g/mol. The predicted octanol–water partition coefficient (Wildman–Crippen LogP) is 5.72. The minimum absolute atomic E-state index is 0.459. The number of hydrogen-bond donors (Lipinski definition) is 2. The van der Waals surface area contributed by atoms with Crippen molar-refractivity contribution in [3.05, 3.63) is 89.5 Å². The lowest BCUT2D eigenvalue weighted by Crippen LogP contribution is -2.12. The quantitative estimate of drug-likeness (QED) is 0.431. The van der Waals surface area contributed by atoms with E-state index in [-0.39, 0.29) is 0 Å². The summed E-state index contributed by atoms with van der Waals surface area (Å²) in [4.78, 5) is 9.01. The van der Waals surface area contributed by atoms with Gasteiger partial charge in [-0.2, -0.15) is 0 Å². The minimum atomic E-state index is 0.459. The van der Waals surface area contributed by atoms with Crippen molar-refractivity contribution in [3.8, 4) is 22.3 Å². The maximum atomic E-state index is 5.74. The Morgan fingerprint density at radius 3 is 2.34 bits per heavy atom. The highest BCUT2D eigenvalue weighted by Gasteiger charge is 2.20. The summed E-state index contributed by atoms with van der Waals surface area (Å²) in [7, 11) is 0. The van der Waals surface area contributed by atoms with Crippen LogP contribution in [0.4, 0.5) is 0 Å². The van der Waals surface area contributed by atoms with Crippen LogP contribution in [0.5, 0.6) is 0 Å². The molecule has 164 valence electrons. The number of pyridine rings is 2. The highest BCUT2D eigenvalue weighted by atomic mass is 14.6. The van der Waals surface area contributed by atoms with Gasteiger partial charge in [0.15, 0.2) is 0 Å². The maximum absolute atomic E-state index is 5.74. The lowest BCUT2D eigenvalue weighted by molar-refractivity contribution is 0.690. The Hall–Kier alpha value is -3.08. The van der Waals surface area contributed by atoms with Crippen molar-refractivity contribution in [2.45, 2.75) is 38.5 Å². The molecule has 4 rings (SSSR count). The van der Waals surface area contributed by atoms with Gasteiger partial charge in [0.25, 0.3) is 0 Å². The molecule has 0 radical (unpaired) electrons. The lowest BCUT2D eigenvalue weighted by atomic mass is 9.80. The molecule has 0 saturated carbocycles. The van der Waals surface area contributed by atoms with Crippen LogP contribution in [0, 0.1) is 0 Å². The molecule has 32 heavy (non-hydrogen) atoms. The first-order valence-corrected chi connectivity index (χ1v) is 11.5. The van der Waals surface area contributed by atoms with Crippen LogP contribution in [-0.4, -0.2) is 23.1 Å². The molecule has 3 aromatic rings. The number of nitrogens with two attached hydrogens (primary N) is 2. The zero-order valence-electron chi connectivity index (χ0n) is 18.8. The van der Waals surface area contributed by atoms with E-state index in [0.717, 1.165) is 54.5 Å². The average Bonchev–Trinajstić information content (AvgIpc) is 2.81. The van der Waals surface area contributed by atoms with Crippen LogP contribution >= 0.6 is 0 Å². The Labute approximate surface area is 191 Å². The van der Waals surface area contributed by atoms with E-state index in [1.54, 1.807) is 0 Å². The molecule has 1 atom stereocenters. The first-order chi connectivity index (χ1) is 15.7. The van der Waals surface area contributed by atoms with Gasteiger partial charge in [-0.25, -0.2) is 0 Å². The van der Waals surface area contributed by atoms with Crippen molar-refractivity contribution in [1.82, 2.24) is 9.97 Å². The fourth-order valence-corrected chi connectivity index (χ4v) is 4.28. The summed E-state index contributed by atoms with van der Waals surface area (Å²) < 4.78 is 0. The van der Waals surface area contributed by atoms with Crippen molar-refractivity contribution >= 4 is 6.08 Å². The Balaban J connectivity index is 1.59. The molecule has 0 aliphatic heterocycles. The van der Waals surface area contributed by atoms with Crippen molar-refractivity contribution in [3.63, 3.8) is 0 Å². The van der Waals surface area contributed by atoms with E-state index in [0.29, 0.717) is 12.5 Å². The van der Waals surface area contributed by atoms with Gasteiger partial charge in [0, 0.05) is 41.8 Å². The zero-order chi connectivity index (χ0) is 22.3. The molecule has 1 aliphatic carbocycles. The van der Waals surface area contributed by atoms with Crippen LogP contribution in [0.25, 0.3) is 28.3 Å². The molecule has 4 N–H and O–H groups in total. The summed E-state index contributed by atoms with van der Waals surface area (Å²) in [6, 6.07) is 13.1. The molecule has 2 heterocycles. The van der Waals surface area contributed by atoms with Crippen LogP contribution in [0.1, 0.15) is 49.7 Å². The van der Waals surface area contributed by atoms with E-state index >= 15 is 0 Å². The smallest absolute Gasteiger partial charge is 0.0346 e. The second-order valence-corrected chi connectivity index (χ2v) is 8.46. The third-order valence-electron chi connectivity index (χ3n) is 6.15. The second-order valence-electron chi connectivity index (χ2n) is 8.46. The Bertz CT molecular complexity index is 1130. The SMILES string of the molecule is CCC(=Cc1cncc(-c2cccc(-c3cncc(C4C=C(CCN)C4)c3)c2)c1)CCN. The number of benzene rings is 1. The maximum Gasteiger partial charge on any atom is 0.0346 e. The highest BCUT2D eigenvalue weighted by molar-refractivity contribution is 5.74. The summed E-state index contributed by atoms with van der Waals surface area (Å²) in [5.41, 5.74) is 21.2. The largest absolute Gasteiger partial charge is 0.330 e. The van der Waals surface area contributed by atoms with Gasteiger partial charge in [-0.05, 0) is 79.2 Å². The van der Waals surface area contributed by atoms with Gasteiger partial charge in [0.1, 0.15) is 0 Å². The Morgan fingerprint density at radius 1 is 0.938 bits per heavy atom. The van der Waals surface area contributed by atoms with E-state index in [9.17, 15) is 0 Å². The van der Waals surface area contributed by atoms with Crippen LogP contribution in [0.15, 0.2) is 78.4 Å². The normalized spacial score (nSPS) is 15.9. The summed E-state index contributed by atoms with van der Waals surface area (Å²) >= 11 is 0.